The van der Waals surface area contributed by atoms with E-state index in [0.29, 0.717) is 12.6 Å². The normalized spacial score (nSPS) is 17.9. The van der Waals surface area contributed by atoms with Crippen LogP contribution < -0.4 is 14.5 Å². The smallest absolute Gasteiger partial charge is 0.323 e. The number of rotatable bonds is 4. The third kappa shape index (κ3) is 1.79. The molecular formula is C9H13N5O. The Morgan fingerprint density at radius 1 is 1.00 bits per heavy atom. The standard InChI is InChI=1S/C9H13N5O/c1-2-15-9-11-7(13-3-4-13)10-8(12-9)14-5-6-14/h2-6H2,1H3. The van der Waals surface area contributed by atoms with Crippen LogP contribution in [0.1, 0.15) is 6.92 Å². The van der Waals surface area contributed by atoms with Crippen LogP contribution in [0.4, 0.5) is 11.9 Å². The van der Waals surface area contributed by atoms with Gasteiger partial charge in [-0.05, 0) is 6.92 Å². The fraction of sp³-hybridized carbons (Fsp3) is 0.667. The van der Waals surface area contributed by atoms with Crippen molar-refractivity contribution in [3.63, 3.8) is 0 Å². The minimum absolute atomic E-state index is 0.441. The lowest BCUT2D eigenvalue weighted by molar-refractivity contribution is 0.312. The minimum Gasteiger partial charge on any atom is -0.464 e. The van der Waals surface area contributed by atoms with Crippen molar-refractivity contribution >= 4 is 11.9 Å². The zero-order valence-electron chi connectivity index (χ0n) is 8.68. The third-order valence-corrected chi connectivity index (χ3v) is 2.32. The van der Waals surface area contributed by atoms with Gasteiger partial charge in [-0.3, -0.25) is 0 Å². The maximum Gasteiger partial charge on any atom is 0.323 e. The third-order valence-electron chi connectivity index (χ3n) is 2.32. The molecule has 15 heavy (non-hydrogen) atoms. The number of hydrogen-bond acceptors (Lipinski definition) is 6. The molecule has 0 aliphatic carbocycles. The van der Waals surface area contributed by atoms with E-state index in [0.717, 1.165) is 38.1 Å². The van der Waals surface area contributed by atoms with E-state index in [9.17, 15) is 0 Å². The van der Waals surface area contributed by atoms with E-state index in [1.54, 1.807) is 0 Å². The molecule has 6 nitrogen and oxygen atoms in total. The predicted molar refractivity (Wildman–Crippen MR) is 55.4 cm³/mol. The number of nitrogens with zero attached hydrogens (tertiary/aromatic N) is 5. The molecule has 80 valence electrons. The van der Waals surface area contributed by atoms with E-state index in [2.05, 4.69) is 24.8 Å². The first kappa shape index (κ1) is 8.70. The molecule has 2 aliphatic heterocycles. The maximum absolute atomic E-state index is 5.33. The Morgan fingerprint density at radius 3 is 1.93 bits per heavy atom. The summed E-state index contributed by atoms with van der Waals surface area (Å²) in [5, 5.41) is 0. The number of hydrogen-bond donors (Lipinski definition) is 0. The lowest BCUT2D eigenvalue weighted by atomic mass is 10.8. The number of aromatic nitrogens is 3. The van der Waals surface area contributed by atoms with Crippen LogP contribution >= 0.6 is 0 Å². The van der Waals surface area contributed by atoms with Gasteiger partial charge in [0.1, 0.15) is 0 Å². The largest absolute Gasteiger partial charge is 0.464 e. The SMILES string of the molecule is CCOc1nc(N2CC2)nc(N2CC2)n1. The lowest BCUT2D eigenvalue weighted by Gasteiger charge is -2.07. The van der Waals surface area contributed by atoms with Crippen LogP contribution in [0.15, 0.2) is 0 Å². The average molecular weight is 207 g/mol. The van der Waals surface area contributed by atoms with Gasteiger partial charge in [0.25, 0.3) is 0 Å². The average Bonchev–Trinajstić information content (AvgIpc) is 3.10. The van der Waals surface area contributed by atoms with Crippen molar-refractivity contribution in [1.29, 1.82) is 0 Å². The Hall–Kier alpha value is -1.59. The summed E-state index contributed by atoms with van der Waals surface area (Å²) in [5.74, 6) is 1.49. The molecule has 0 atom stereocenters. The van der Waals surface area contributed by atoms with Crippen LogP contribution in [0.2, 0.25) is 0 Å². The van der Waals surface area contributed by atoms with Crippen molar-refractivity contribution in [2.45, 2.75) is 6.92 Å². The first-order valence-electron chi connectivity index (χ1n) is 5.25. The summed E-state index contributed by atoms with van der Waals surface area (Å²) in [6, 6.07) is 0.441. The second-order valence-electron chi connectivity index (χ2n) is 3.63. The summed E-state index contributed by atoms with van der Waals surface area (Å²) in [6.07, 6.45) is 0. The van der Waals surface area contributed by atoms with Gasteiger partial charge in [-0.25, -0.2) is 0 Å². The maximum atomic E-state index is 5.33. The molecule has 1 aromatic heterocycles. The van der Waals surface area contributed by atoms with Crippen LogP contribution in [0.25, 0.3) is 0 Å². The molecular weight excluding hydrogens is 194 g/mol. The molecule has 0 unspecified atom stereocenters. The van der Waals surface area contributed by atoms with Crippen LogP contribution in [0, 0.1) is 0 Å². The summed E-state index contributed by atoms with van der Waals surface area (Å²) in [4.78, 5) is 17.1. The Morgan fingerprint density at radius 2 is 1.53 bits per heavy atom. The molecule has 0 N–H and O–H groups in total. The van der Waals surface area contributed by atoms with Crippen molar-refractivity contribution in [2.24, 2.45) is 0 Å². The van der Waals surface area contributed by atoms with Gasteiger partial charge in [0.2, 0.25) is 11.9 Å². The summed E-state index contributed by atoms with van der Waals surface area (Å²) >= 11 is 0. The summed E-state index contributed by atoms with van der Waals surface area (Å²) in [7, 11) is 0. The van der Waals surface area contributed by atoms with Gasteiger partial charge >= 0.3 is 6.01 Å². The molecule has 2 aliphatic rings. The molecule has 3 rings (SSSR count). The molecule has 3 heterocycles. The van der Waals surface area contributed by atoms with Gasteiger partial charge in [0, 0.05) is 26.2 Å². The second-order valence-corrected chi connectivity index (χ2v) is 3.63. The molecule has 1 aromatic rings. The zero-order chi connectivity index (χ0) is 10.3. The van der Waals surface area contributed by atoms with Crippen LogP contribution in [-0.4, -0.2) is 47.7 Å². The fourth-order valence-electron chi connectivity index (χ4n) is 1.31. The monoisotopic (exact) mass is 207 g/mol. The molecule has 0 amide bonds. The van der Waals surface area contributed by atoms with Gasteiger partial charge < -0.3 is 14.5 Å². The highest BCUT2D eigenvalue weighted by Gasteiger charge is 2.27. The Bertz CT molecular complexity index is 345. The molecule has 0 aromatic carbocycles. The highest BCUT2D eigenvalue weighted by Crippen LogP contribution is 2.24. The lowest BCUT2D eigenvalue weighted by Crippen LogP contribution is -2.08. The molecule has 0 radical (unpaired) electrons. The van der Waals surface area contributed by atoms with Crippen molar-refractivity contribution in [1.82, 2.24) is 15.0 Å². The van der Waals surface area contributed by atoms with Crippen LogP contribution in [-0.2, 0) is 0 Å². The summed E-state index contributed by atoms with van der Waals surface area (Å²) in [6.45, 7) is 6.66. The highest BCUT2D eigenvalue weighted by atomic mass is 16.5. The van der Waals surface area contributed by atoms with E-state index in [4.69, 9.17) is 4.74 Å². The second kappa shape index (κ2) is 3.22. The minimum atomic E-state index is 0.441. The first-order valence-corrected chi connectivity index (χ1v) is 5.25. The van der Waals surface area contributed by atoms with Gasteiger partial charge in [-0.15, -0.1) is 0 Å². The molecule has 0 bridgehead atoms. The van der Waals surface area contributed by atoms with Crippen molar-refractivity contribution in [2.75, 3.05) is 42.6 Å². The van der Waals surface area contributed by atoms with Crippen molar-refractivity contribution < 1.29 is 4.74 Å². The van der Waals surface area contributed by atoms with Gasteiger partial charge in [0.05, 0.1) is 6.61 Å². The predicted octanol–water partition coefficient (Wildman–Crippen LogP) is -0.0897. The van der Waals surface area contributed by atoms with E-state index < -0.39 is 0 Å². The zero-order valence-corrected chi connectivity index (χ0v) is 8.68. The van der Waals surface area contributed by atoms with E-state index in [-0.39, 0.29) is 0 Å². The molecule has 2 fully saturated rings. The van der Waals surface area contributed by atoms with Crippen LogP contribution in [0.5, 0.6) is 6.01 Å². The molecule has 0 spiro atoms. The quantitative estimate of drug-likeness (QED) is 0.643. The summed E-state index contributed by atoms with van der Waals surface area (Å²) in [5.41, 5.74) is 0. The fourth-order valence-corrected chi connectivity index (χ4v) is 1.31. The summed E-state index contributed by atoms with van der Waals surface area (Å²) < 4.78 is 5.33. The van der Waals surface area contributed by atoms with Gasteiger partial charge in [0.15, 0.2) is 0 Å². The van der Waals surface area contributed by atoms with E-state index in [1.807, 2.05) is 6.92 Å². The Balaban J connectivity index is 1.92. The Kier molecular flexibility index (Phi) is 1.87. The van der Waals surface area contributed by atoms with E-state index in [1.165, 1.54) is 0 Å². The molecule has 0 saturated carbocycles. The number of anilines is 2. The van der Waals surface area contributed by atoms with Crippen molar-refractivity contribution in [3.8, 4) is 6.01 Å². The van der Waals surface area contributed by atoms with Gasteiger partial charge in [-0.1, -0.05) is 0 Å². The topological polar surface area (TPSA) is 53.9 Å². The first-order chi connectivity index (χ1) is 7.36. The molecule has 2 saturated heterocycles. The number of ether oxygens (including phenoxy) is 1. The Labute approximate surface area is 87.9 Å². The van der Waals surface area contributed by atoms with Crippen molar-refractivity contribution in [3.05, 3.63) is 0 Å². The van der Waals surface area contributed by atoms with Gasteiger partial charge in [-0.2, -0.15) is 15.0 Å². The highest BCUT2D eigenvalue weighted by molar-refractivity contribution is 5.46. The van der Waals surface area contributed by atoms with Crippen LogP contribution in [0.3, 0.4) is 0 Å². The molecule has 6 heteroatoms. The van der Waals surface area contributed by atoms with E-state index >= 15 is 0 Å².